The molecule has 0 aliphatic carbocycles. The number of unbranched alkanes of at least 4 members (excludes halogenated alkanes) is 35. The van der Waals surface area contributed by atoms with Crippen LogP contribution in [0.15, 0.2) is 12.2 Å². The van der Waals surface area contributed by atoms with E-state index in [9.17, 15) is 9.90 Å². The number of ether oxygens (including phenoxy) is 2. The Labute approximate surface area is 326 Å². The Morgan fingerprint density at radius 2 is 0.750 bits per heavy atom. The molecule has 0 saturated carbocycles. The van der Waals surface area contributed by atoms with Crippen LogP contribution in [-0.2, 0) is 14.3 Å². The van der Waals surface area contributed by atoms with Gasteiger partial charge in [0, 0.05) is 13.0 Å². The molecule has 0 aromatic heterocycles. The summed E-state index contributed by atoms with van der Waals surface area (Å²) in [6, 6.07) is 0. The largest absolute Gasteiger partial charge is 0.457 e. The molecule has 0 aromatic carbocycles. The molecule has 0 fully saturated rings. The Morgan fingerprint density at radius 3 is 1.10 bits per heavy atom. The first-order valence-electron chi connectivity index (χ1n) is 23.8. The van der Waals surface area contributed by atoms with Crippen LogP contribution in [0.4, 0.5) is 0 Å². The Morgan fingerprint density at radius 1 is 0.442 bits per heavy atom. The van der Waals surface area contributed by atoms with E-state index in [0.717, 1.165) is 19.3 Å². The Kier molecular flexibility index (Phi) is 45.5. The molecule has 0 saturated heterocycles. The van der Waals surface area contributed by atoms with Gasteiger partial charge in [-0.05, 0) is 38.5 Å². The number of aliphatic hydroxyl groups is 1. The maximum absolute atomic E-state index is 12.2. The minimum atomic E-state index is -0.529. The molecule has 0 aliphatic heterocycles. The van der Waals surface area contributed by atoms with E-state index in [1.54, 1.807) is 0 Å². The smallest absolute Gasteiger partial charge is 0.306 e. The van der Waals surface area contributed by atoms with Crippen molar-refractivity contribution in [3.63, 3.8) is 0 Å². The second kappa shape index (κ2) is 46.3. The predicted octanol–water partition coefficient (Wildman–Crippen LogP) is 15.7. The van der Waals surface area contributed by atoms with Crippen molar-refractivity contribution in [3.05, 3.63) is 12.2 Å². The zero-order valence-electron chi connectivity index (χ0n) is 35.6. The average molecular weight is 735 g/mol. The molecule has 1 N–H and O–H groups in total. The zero-order chi connectivity index (χ0) is 37.7. The summed E-state index contributed by atoms with van der Waals surface area (Å²) in [5, 5.41) is 9.63. The van der Waals surface area contributed by atoms with Crippen molar-refractivity contribution in [1.29, 1.82) is 0 Å². The summed E-state index contributed by atoms with van der Waals surface area (Å²) < 4.78 is 11.2. The summed E-state index contributed by atoms with van der Waals surface area (Å²) in [6.45, 7) is 5.39. The average Bonchev–Trinajstić information content (AvgIpc) is 3.15. The minimum absolute atomic E-state index is 0.166. The molecule has 0 aromatic rings. The molecule has 310 valence electrons. The normalized spacial score (nSPS) is 12.3. The van der Waals surface area contributed by atoms with E-state index in [4.69, 9.17) is 9.47 Å². The topological polar surface area (TPSA) is 55.8 Å². The summed E-state index contributed by atoms with van der Waals surface area (Å²) in [7, 11) is 0. The van der Waals surface area contributed by atoms with Crippen LogP contribution < -0.4 is 0 Å². The van der Waals surface area contributed by atoms with Crippen LogP contribution in [0, 0.1) is 0 Å². The molecular formula is C48H94O4. The van der Waals surface area contributed by atoms with E-state index in [1.165, 1.54) is 225 Å². The van der Waals surface area contributed by atoms with Gasteiger partial charge in [0.05, 0.1) is 13.2 Å². The highest BCUT2D eigenvalue weighted by Gasteiger charge is 2.13. The van der Waals surface area contributed by atoms with Crippen LogP contribution in [0.5, 0.6) is 0 Å². The lowest BCUT2D eigenvalue weighted by molar-refractivity contribution is -0.154. The number of hydrogen-bond donors (Lipinski definition) is 1. The number of rotatable bonds is 45. The summed E-state index contributed by atoms with van der Waals surface area (Å²) in [5.41, 5.74) is 0. The number of carbonyl (C=O) groups is 1. The van der Waals surface area contributed by atoms with Crippen molar-refractivity contribution in [1.82, 2.24) is 0 Å². The highest BCUT2D eigenvalue weighted by Crippen LogP contribution is 2.16. The van der Waals surface area contributed by atoms with E-state index in [0.29, 0.717) is 19.6 Å². The summed E-state index contributed by atoms with van der Waals surface area (Å²) in [6.07, 6.45) is 55.7. The number of hydrogen-bond acceptors (Lipinski definition) is 4. The van der Waals surface area contributed by atoms with Crippen LogP contribution in [0.2, 0.25) is 0 Å². The molecule has 4 heteroatoms. The Hall–Kier alpha value is -0.870. The molecular weight excluding hydrogens is 641 g/mol. The highest BCUT2D eigenvalue weighted by atomic mass is 16.6. The fourth-order valence-corrected chi connectivity index (χ4v) is 7.27. The third kappa shape index (κ3) is 43.5. The summed E-state index contributed by atoms with van der Waals surface area (Å²) in [4.78, 5) is 12.2. The molecule has 1 unspecified atom stereocenters. The molecule has 0 bridgehead atoms. The maximum atomic E-state index is 12.2. The lowest BCUT2D eigenvalue weighted by Crippen LogP contribution is -2.27. The lowest BCUT2D eigenvalue weighted by Gasteiger charge is -2.16. The molecule has 1 atom stereocenters. The van der Waals surface area contributed by atoms with Gasteiger partial charge in [0.1, 0.15) is 6.10 Å². The number of aliphatic hydroxyl groups excluding tert-OH is 1. The standard InChI is InChI=1S/C48H94O4/c1-3-5-7-9-11-13-15-17-19-21-23-24-26-28-30-32-34-36-38-40-42-44-51-46-47(45-49)52-48(50)43-41-39-37-35-33-31-29-27-25-22-20-18-16-14-12-10-8-6-4-2/h18,20,47,49H,3-17,19,21-46H2,1-2H3/b20-18-. The second-order valence-corrected chi connectivity index (χ2v) is 16.2. The van der Waals surface area contributed by atoms with Crippen LogP contribution in [-0.4, -0.2) is 37.0 Å². The zero-order valence-corrected chi connectivity index (χ0v) is 35.6. The minimum Gasteiger partial charge on any atom is -0.457 e. The fourth-order valence-electron chi connectivity index (χ4n) is 7.27. The molecule has 0 heterocycles. The summed E-state index contributed by atoms with van der Waals surface area (Å²) >= 11 is 0. The van der Waals surface area contributed by atoms with Crippen LogP contribution in [0.3, 0.4) is 0 Å². The van der Waals surface area contributed by atoms with Gasteiger partial charge in [-0.1, -0.05) is 231 Å². The SMILES string of the molecule is CCCCCCCC/C=C\CCCCCCCCCCCC(=O)OC(CO)COCCCCCCCCCCCCCCCCCCCCCCC. The van der Waals surface area contributed by atoms with Crippen molar-refractivity contribution in [2.75, 3.05) is 19.8 Å². The molecule has 0 amide bonds. The van der Waals surface area contributed by atoms with Gasteiger partial charge in [-0.2, -0.15) is 0 Å². The van der Waals surface area contributed by atoms with Crippen LogP contribution in [0.1, 0.15) is 264 Å². The van der Waals surface area contributed by atoms with Gasteiger partial charge < -0.3 is 14.6 Å². The first-order valence-corrected chi connectivity index (χ1v) is 23.8. The summed E-state index contributed by atoms with van der Waals surface area (Å²) in [5.74, 6) is -0.197. The van der Waals surface area contributed by atoms with E-state index in [1.807, 2.05) is 0 Å². The fraction of sp³-hybridized carbons (Fsp3) is 0.938. The van der Waals surface area contributed by atoms with Gasteiger partial charge in [-0.15, -0.1) is 0 Å². The molecule has 0 aliphatic rings. The van der Waals surface area contributed by atoms with Crippen molar-refractivity contribution >= 4 is 5.97 Å². The van der Waals surface area contributed by atoms with Gasteiger partial charge in [-0.25, -0.2) is 0 Å². The molecule has 4 nitrogen and oxygen atoms in total. The van der Waals surface area contributed by atoms with E-state index >= 15 is 0 Å². The quantitative estimate of drug-likeness (QED) is 0.0384. The first-order chi connectivity index (χ1) is 25.7. The van der Waals surface area contributed by atoms with Crippen molar-refractivity contribution in [2.45, 2.75) is 270 Å². The third-order valence-corrected chi connectivity index (χ3v) is 10.8. The number of esters is 1. The van der Waals surface area contributed by atoms with Gasteiger partial charge in [-0.3, -0.25) is 4.79 Å². The van der Waals surface area contributed by atoms with E-state index in [-0.39, 0.29) is 12.6 Å². The molecule has 0 radical (unpaired) electrons. The van der Waals surface area contributed by atoms with Gasteiger partial charge in [0.2, 0.25) is 0 Å². The number of carbonyl (C=O) groups excluding carboxylic acids is 1. The van der Waals surface area contributed by atoms with Crippen molar-refractivity contribution in [3.8, 4) is 0 Å². The maximum Gasteiger partial charge on any atom is 0.306 e. The van der Waals surface area contributed by atoms with Gasteiger partial charge in [0.25, 0.3) is 0 Å². The van der Waals surface area contributed by atoms with E-state index < -0.39 is 6.10 Å². The third-order valence-electron chi connectivity index (χ3n) is 10.8. The molecule has 52 heavy (non-hydrogen) atoms. The van der Waals surface area contributed by atoms with Crippen molar-refractivity contribution in [2.24, 2.45) is 0 Å². The van der Waals surface area contributed by atoms with Crippen molar-refractivity contribution < 1.29 is 19.4 Å². The lowest BCUT2D eigenvalue weighted by atomic mass is 10.0. The van der Waals surface area contributed by atoms with Crippen LogP contribution in [0.25, 0.3) is 0 Å². The number of allylic oxidation sites excluding steroid dienone is 2. The molecule has 0 rings (SSSR count). The monoisotopic (exact) mass is 735 g/mol. The van der Waals surface area contributed by atoms with Gasteiger partial charge >= 0.3 is 5.97 Å². The first kappa shape index (κ1) is 51.1. The molecule has 0 spiro atoms. The Bertz CT molecular complexity index is 692. The second-order valence-electron chi connectivity index (χ2n) is 16.2. The Balaban J connectivity index is 3.36. The van der Waals surface area contributed by atoms with Gasteiger partial charge in [0.15, 0.2) is 0 Å². The predicted molar refractivity (Wildman–Crippen MR) is 228 cm³/mol. The van der Waals surface area contributed by atoms with Crippen LogP contribution >= 0.6 is 0 Å². The van der Waals surface area contributed by atoms with E-state index in [2.05, 4.69) is 26.0 Å². The highest BCUT2D eigenvalue weighted by molar-refractivity contribution is 5.69.